The highest BCUT2D eigenvalue weighted by atomic mass is 16.6. The molecular formula is C8H8O2. The summed E-state index contributed by atoms with van der Waals surface area (Å²) in [5.74, 6) is 7.45. The third-order valence-corrected chi connectivity index (χ3v) is 1.12. The lowest BCUT2D eigenvalue weighted by molar-refractivity contribution is -0.0635. The van der Waals surface area contributed by atoms with E-state index in [-0.39, 0.29) is 6.10 Å². The summed E-state index contributed by atoms with van der Waals surface area (Å²) in [5.41, 5.74) is 0. The minimum absolute atomic E-state index is 0.121. The Hall–Kier alpha value is -0.960. The van der Waals surface area contributed by atoms with Gasteiger partial charge in [-0.15, -0.1) is 6.42 Å². The van der Waals surface area contributed by atoms with Crippen LogP contribution in [0.3, 0.4) is 0 Å². The SMILES string of the molecule is C#CC#CC1COCCO1. The molecule has 0 radical (unpaired) electrons. The first-order chi connectivity index (χ1) is 4.93. The zero-order valence-electron chi connectivity index (χ0n) is 5.59. The fourth-order valence-corrected chi connectivity index (χ4v) is 0.693. The Bertz CT molecular complexity index is 186. The topological polar surface area (TPSA) is 18.5 Å². The smallest absolute Gasteiger partial charge is 0.142 e. The molecule has 1 atom stereocenters. The van der Waals surface area contributed by atoms with Crippen molar-refractivity contribution in [3.05, 3.63) is 0 Å². The molecule has 0 aromatic rings. The van der Waals surface area contributed by atoms with Crippen molar-refractivity contribution in [1.29, 1.82) is 0 Å². The molecule has 2 heteroatoms. The van der Waals surface area contributed by atoms with Crippen LogP contribution in [0.15, 0.2) is 0 Å². The monoisotopic (exact) mass is 136 g/mol. The van der Waals surface area contributed by atoms with E-state index in [0.717, 1.165) is 0 Å². The van der Waals surface area contributed by atoms with Crippen LogP contribution in [0, 0.1) is 24.2 Å². The average molecular weight is 136 g/mol. The lowest BCUT2D eigenvalue weighted by atomic mass is 10.3. The van der Waals surface area contributed by atoms with Gasteiger partial charge in [0.1, 0.15) is 6.10 Å². The van der Waals surface area contributed by atoms with Gasteiger partial charge in [-0.05, 0) is 11.8 Å². The van der Waals surface area contributed by atoms with Gasteiger partial charge in [0.15, 0.2) is 0 Å². The van der Waals surface area contributed by atoms with Crippen LogP contribution >= 0.6 is 0 Å². The summed E-state index contributed by atoms with van der Waals surface area (Å²) in [6.07, 6.45) is 4.81. The summed E-state index contributed by atoms with van der Waals surface area (Å²) in [5, 5.41) is 0. The first-order valence-electron chi connectivity index (χ1n) is 3.09. The molecule has 0 aromatic carbocycles. The molecule has 1 unspecified atom stereocenters. The summed E-state index contributed by atoms with van der Waals surface area (Å²) < 4.78 is 10.3. The van der Waals surface area contributed by atoms with Crippen LogP contribution in [0.5, 0.6) is 0 Å². The van der Waals surface area contributed by atoms with E-state index in [1.807, 2.05) is 0 Å². The van der Waals surface area contributed by atoms with Crippen molar-refractivity contribution in [2.45, 2.75) is 6.10 Å². The molecule has 0 saturated carbocycles. The van der Waals surface area contributed by atoms with E-state index >= 15 is 0 Å². The van der Waals surface area contributed by atoms with Gasteiger partial charge >= 0.3 is 0 Å². The molecule has 52 valence electrons. The number of rotatable bonds is 0. The second kappa shape index (κ2) is 3.95. The molecule has 0 aromatic heterocycles. The van der Waals surface area contributed by atoms with Gasteiger partial charge < -0.3 is 9.47 Å². The van der Waals surface area contributed by atoms with Crippen molar-refractivity contribution >= 4 is 0 Å². The van der Waals surface area contributed by atoms with Crippen molar-refractivity contribution in [1.82, 2.24) is 0 Å². The third-order valence-electron chi connectivity index (χ3n) is 1.12. The molecule has 2 nitrogen and oxygen atoms in total. The van der Waals surface area contributed by atoms with Gasteiger partial charge in [0, 0.05) is 0 Å². The maximum Gasteiger partial charge on any atom is 0.142 e. The Morgan fingerprint density at radius 1 is 1.40 bits per heavy atom. The molecule has 1 rings (SSSR count). The van der Waals surface area contributed by atoms with Crippen LogP contribution < -0.4 is 0 Å². The second-order valence-corrected chi connectivity index (χ2v) is 1.85. The Balaban J connectivity index is 2.34. The molecule has 1 fully saturated rings. The van der Waals surface area contributed by atoms with Crippen molar-refractivity contribution < 1.29 is 9.47 Å². The molecule has 0 spiro atoms. The molecule has 0 bridgehead atoms. The van der Waals surface area contributed by atoms with Gasteiger partial charge in [0.2, 0.25) is 0 Å². The van der Waals surface area contributed by atoms with E-state index in [1.54, 1.807) is 0 Å². The van der Waals surface area contributed by atoms with Crippen LogP contribution in [-0.2, 0) is 9.47 Å². The molecule has 1 aliphatic heterocycles. The van der Waals surface area contributed by atoms with Gasteiger partial charge in [-0.2, -0.15) is 0 Å². The fourth-order valence-electron chi connectivity index (χ4n) is 0.693. The summed E-state index contributed by atoms with van der Waals surface area (Å²) >= 11 is 0. The molecule has 1 saturated heterocycles. The number of hydrogen-bond acceptors (Lipinski definition) is 2. The van der Waals surface area contributed by atoms with Crippen molar-refractivity contribution in [2.75, 3.05) is 19.8 Å². The van der Waals surface area contributed by atoms with E-state index in [2.05, 4.69) is 17.8 Å². The van der Waals surface area contributed by atoms with Gasteiger partial charge in [0.05, 0.1) is 19.8 Å². The van der Waals surface area contributed by atoms with Gasteiger partial charge in [-0.3, -0.25) is 0 Å². The highest BCUT2D eigenvalue weighted by Crippen LogP contribution is 1.97. The van der Waals surface area contributed by atoms with E-state index in [4.69, 9.17) is 15.9 Å². The van der Waals surface area contributed by atoms with Crippen LogP contribution in [0.1, 0.15) is 0 Å². The molecule has 0 N–H and O–H groups in total. The maximum atomic E-state index is 5.19. The summed E-state index contributed by atoms with van der Waals surface area (Å²) in [7, 11) is 0. The number of terminal acetylenes is 1. The van der Waals surface area contributed by atoms with Crippen LogP contribution in [0.2, 0.25) is 0 Å². The highest BCUT2D eigenvalue weighted by molar-refractivity contribution is 5.23. The Morgan fingerprint density at radius 3 is 2.90 bits per heavy atom. The Labute approximate surface area is 60.5 Å². The van der Waals surface area contributed by atoms with Gasteiger partial charge in [0.25, 0.3) is 0 Å². The van der Waals surface area contributed by atoms with Crippen LogP contribution in [-0.4, -0.2) is 25.9 Å². The highest BCUT2D eigenvalue weighted by Gasteiger charge is 2.09. The number of ether oxygens (including phenoxy) is 2. The lowest BCUT2D eigenvalue weighted by Crippen LogP contribution is -2.26. The van der Waals surface area contributed by atoms with E-state index in [1.165, 1.54) is 0 Å². The molecule has 0 aliphatic carbocycles. The zero-order valence-corrected chi connectivity index (χ0v) is 5.59. The minimum atomic E-state index is -0.121. The van der Waals surface area contributed by atoms with Crippen molar-refractivity contribution in [3.63, 3.8) is 0 Å². The Morgan fingerprint density at radius 2 is 2.30 bits per heavy atom. The van der Waals surface area contributed by atoms with E-state index in [9.17, 15) is 0 Å². The summed E-state index contributed by atoms with van der Waals surface area (Å²) in [4.78, 5) is 0. The largest absolute Gasteiger partial charge is 0.375 e. The lowest BCUT2D eigenvalue weighted by Gasteiger charge is -2.17. The Kier molecular flexibility index (Phi) is 2.83. The predicted molar refractivity (Wildman–Crippen MR) is 37.2 cm³/mol. The molecular weight excluding hydrogens is 128 g/mol. The molecule has 1 aliphatic rings. The normalized spacial score (nSPS) is 24.1. The first kappa shape index (κ1) is 7.15. The van der Waals surface area contributed by atoms with Crippen molar-refractivity contribution in [3.8, 4) is 24.2 Å². The second-order valence-electron chi connectivity index (χ2n) is 1.85. The van der Waals surface area contributed by atoms with Gasteiger partial charge in [-0.1, -0.05) is 5.92 Å². The quantitative estimate of drug-likeness (QED) is 0.438. The maximum absolute atomic E-state index is 5.19. The predicted octanol–water partition coefficient (Wildman–Crippen LogP) is 0.0384. The fraction of sp³-hybridized carbons (Fsp3) is 0.500. The van der Waals surface area contributed by atoms with E-state index in [0.29, 0.717) is 19.8 Å². The zero-order chi connectivity index (χ0) is 7.23. The van der Waals surface area contributed by atoms with Gasteiger partial charge in [-0.25, -0.2) is 0 Å². The summed E-state index contributed by atoms with van der Waals surface area (Å²) in [6, 6.07) is 0. The average Bonchev–Trinajstić information content (AvgIpc) is 2.03. The molecule has 1 heterocycles. The first-order valence-corrected chi connectivity index (χ1v) is 3.09. The van der Waals surface area contributed by atoms with Crippen LogP contribution in [0.4, 0.5) is 0 Å². The summed E-state index contributed by atoms with van der Waals surface area (Å²) in [6.45, 7) is 1.81. The van der Waals surface area contributed by atoms with Crippen molar-refractivity contribution in [2.24, 2.45) is 0 Å². The molecule has 0 amide bonds. The standard InChI is InChI=1S/C8H8O2/c1-2-3-4-8-7-9-5-6-10-8/h1,8H,5-7H2. The van der Waals surface area contributed by atoms with Crippen LogP contribution in [0.25, 0.3) is 0 Å². The third kappa shape index (κ3) is 2.11. The minimum Gasteiger partial charge on any atom is -0.375 e. The number of hydrogen-bond donors (Lipinski definition) is 0. The molecule has 10 heavy (non-hydrogen) atoms. The van der Waals surface area contributed by atoms with E-state index < -0.39 is 0 Å².